The highest BCUT2D eigenvalue weighted by atomic mass is 19.1. The van der Waals surface area contributed by atoms with E-state index >= 15 is 0 Å². The zero-order chi connectivity index (χ0) is 15.6. The topological polar surface area (TPSA) is 32.3 Å². The highest BCUT2D eigenvalue weighted by Gasteiger charge is 2.19. The highest BCUT2D eigenvalue weighted by molar-refractivity contribution is 6.09. The molecular weight excluding hydrogens is 267 g/mol. The molecule has 3 nitrogen and oxygen atoms in total. The van der Waals surface area contributed by atoms with Crippen LogP contribution in [0.3, 0.4) is 0 Å². The number of hydrogen-bond donors (Lipinski definition) is 1. The molecule has 4 heteroatoms. The minimum absolute atomic E-state index is 0.221. The number of carbonyl (C=O) groups excluding carboxylic acids is 1. The number of nitrogens with zero attached hydrogens (tertiary/aromatic N) is 1. The molecule has 0 heterocycles. The number of anilines is 2. The van der Waals surface area contributed by atoms with Crippen LogP contribution in [-0.4, -0.2) is 20.0 Å². The largest absolute Gasteiger partial charge is 0.385 e. The van der Waals surface area contributed by atoms with Crippen LogP contribution in [0.2, 0.25) is 0 Å². The van der Waals surface area contributed by atoms with Gasteiger partial charge in [-0.3, -0.25) is 4.79 Å². The first-order valence-electron chi connectivity index (χ1n) is 6.76. The van der Waals surface area contributed by atoms with Crippen molar-refractivity contribution < 1.29 is 9.18 Å². The minimum atomic E-state index is -0.433. The van der Waals surface area contributed by atoms with E-state index in [2.05, 4.69) is 5.32 Å². The summed E-state index contributed by atoms with van der Waals surface area (Å²) in [6.45, 7) is 3.96. The first-order valence-corrected chi connectivity index (χ1v) is 6.76. The number of para-hydroxylation sites is 1. The molecule has 1 amide bonds. The molecule has 2 rings (SSSR count). The summed E-state index contributed by atoms with van der Waals surface area (Å²) in [6.07, 6.45) is 0. The molecule has 21 heavy (non-hydrogen) atoms. The maximum Gasteiger partial charge on any atom is 0.260 e. The number of carbonyl (C=O) groups is 1. The maximum absolute atomic E-state index is 13.8. The van der Waals surface area contributed by atoms with Crippen LogP contribution in [0.5, 0.6) is 0 Å². The molecule has 0 aliphatic rings. The number of aryl methyl sites for hydroxylation is 2. The molecule has 2 aromatic rings. The molecule has 0 saturated carbocycles. The molecule has 0 unspecified atom stereocenters. The van der Waals surface area contributed by atoms with Crippen molar-refractivity contribution in [2.45, 2.75) is 13.8 Å². The predicted molar refractivity (Wildman–Crippen MR) is 84.6 cm³/mol. The lowest BCUT2D eigenvalue weighted by molar-refractivity contribution is 0.0993. The van der Waals surface area contributed by atoms with Crippen molar-refractivity contribution in [2.75, 3.05) is 24.3 Å². The van der Waals surface area contributed by atoms with Crippen LogP contribution >= 0.6 is 0 Å². The Morgan fingerprint density at radius 3 is 2.33 bits per heavy atom. The summed E-state index contributed by atoms with van der Waals surface area (Å²) in [4.78, 5) is 14.2. The lowest BCUT2D eigenvalue weighted by Crippen LogP contribution is -2.27. The minimum Gasteiger partial charge on any atom is -0.385 e. The fourth-order valence-electron chi connectivity index (χ4n) is 2.40. The van der Waals surface area contributed by atoms with Gasteiger partial charge in [0, 0.05) is 19.8 Å². The highest BCUT2D eigenvalue weighted by Crippen LogP contribution is 2.24. The van der Waals surface area contributed by atoms with Gasteiger partial charge < -0.3 is 10.2 Å². The molecule has 0 spiro atoms. The molecule has 0 bridgehead atoms. The Kier molecular flexibility index (Phi) is 4.26. The van der Waals surface area contributed by atoms with Crippen LogP contribution in [0, 0.1) is 19.7 Å². The molecule has 1 N–H and O–H groups in total. The summed E-state index contributed by atoms with van der Waals surface area (Å²) < 4.78 is 13.8. The zero-order valence-corrected chi connectivity index (χ0v) is 12.7. The summed E-state index contributed by atoms with van der Waals surface area (Å²) >= 11 is 0. The molecular formula is C17H19FN2O. The fraction of sp³-hybridized carbons (Fsp3) is 0.235. The number of nitrogens with one attached hydrogen (secondary N) is 1. The summed E-state index contributed by atoms with van der Waals surface area (Å²) in [6, 6.07) is 10.4. The van der Waals surface area contributed by atoms with Crippen LogP contribution in [0.4, 0.5) is 15.8 Å². The van der Waals surface area contributed by atoms with Gasteiger partial charge in [0.2, 0.25) is 0 Å². The summed E-state index contributed by atoms with van der Waals surface area (Å²) in [5.74, 6) is -0.680. The Balaban J connectivity index is 2.42. The number of benzene rings is 2. The second kappa shape index (κ2) is 5.95. The van der Waals surface area contributed by atoms with Crippen molar-refractivity contribution >= 4 is 17.3 Å². The molecule has 0 saturated heterocycles. The van der Waals surface area contributed by atoms with Crippen molar-refractivity contribution in [1.29, 1.82) is 0 Å². The molecule has 0 fully saturated rings. The summed E-state index contributed by atoms with van der Waals surface area (Å²) in [5, 5.41) is 2.75. The third kappa shape index (κ3) is 3.05. The van der Waals surface area contributed by atoms with Crippen LogP contribution < -0.4 is 10.2 Å². The molecule has 110 valence electrons. The summed E-state index contributed by atoms with van der Waals surface area (Å²) in [5.41, 5.74) is 3.50. The van der Waals surface area contributed by atoms with Crippen LogP contribution in [0.25, 0.3) is 0 Å². The van der Waals surface area contributed by atoms with Gasteiger partial charge in [-0.15, -0.1) is 0 Å². The normalized spacial score (nSPS) is 10.3. The second-order valence-corrected chi connectivity index (χ2v) is 5.12. The van der Waals surface area contributed by atoms with Gasteiger partial charge >= 0.3 is 0 Å². The molecule has 0 aliphatic carbocycles. The number of amides is 1. The lowest BCUT2D eigenvalue weighted by atomic mass is 10.1. The average molecular weight is 286 g/mol. The Morgan fingerprint density at radius 1 is 1.14 bits per heavy atom. The maximum atomic E-state index is 13.8. The Hall–Kier alpha value is -2.36. The van der Waals surface area contributed by atoms with Gasteiger partial charge in [0.15, 0.2) is 0 Å². The average Bonchev–Trinajstić information content (AvgIpc) is 2.44. The van der Waals surface area contributed by atoms with Gasteiger partial charge in [-0.2, -0.15) is 0 Å². The number of hydrogen-bond acceptors (Lipinski definition) is 2. The number of rotatable bonds is 3. The fourth-order valence-corrected chi connectivity index (χ4v) is 2.40. The Bertz CT molecular complexity index is 662. The van der Waals surface area contributed by atoms with E-state index in [1.807, 2.05) is 32.0 Å². The van der Waals surface area contributed by atoms with Gasteiger partial charge in [-0.1, -0.05) is 12.1 Å². The van der Waals surface area contributed by atoms with Crippen molar-refractivity contribution in [3.63, 3.8) is 0 Å². The Labute approximate surface area is 124 Å². The second-order valence-electron chi connectivity index (χ2n) is 5.12. The van der Waals surface area contributed by atoms with E-state index in [1.165, 1.54) is 11.0 Å². The van der Waals surface area contributed by atoms with E-state index in [9.17, 15) is 9.18 Å². The Morgan fingerprint density at radius 2 is 1.76 bits per heavy atom. The van der Waals surface area contributed by atoms with E-state index in [-0.39, 0.29) is 11.6 Å². The molecule has 0 radical (unpaired) electrons. The van der Waals surface area contributed by atoms with Crippen molar-refractivity contribution in [1.82, 2.24) is 0 Å². The molecule has 0 atom stereocenters. The quantitative estimate of drug-likeness (QED) is 0.931. The van der Waals surface area contributed by atoms with Crippen LogP contribution in [0.1, 0.15) is 21.5 Å². The third-order valence-electron chi connectivity index (χ3n) is 3.39. The van der Waals surface area contributed by atoms with Crippen molar-refractivity contribution in [2.24, 2.45) is 0 Å². The van der Waals surface area contributed by atoms with E-state index in [1.54, 1.807) is 26.2 Å². The van der Waals surface area contributed by atoms with E-state index < -0.39 is 5.82 Å². The summed E-state index contributed by atoms with van der Waals surface area (Å²) in [7, 11) is 3.30. The number of halogens is 1. The lowest BCUT2D eigenvalue weighted by Gasteiger charge is -2.20. The zero-order valence-electron chi connectivity index (χ0n) is 12.7. The van der Waals surface area contributed by atoms with Gasteiger partial charge in [0.25, 0.3) is 5.91 Å². The van der Waals surface area contributed by atoms with Crippen LogP contribution in [0.15, 0.2) is 36.4 Å². The van der Waals surface area contributed by atoms with Crippen molar-refractivity contribution in [3.05, 3.63) is 58.9 Å². The predicted octanol–water partition coefficient (Wildman–Crippen LogP) is 3.76. The van der Waals surface area contributed by atoms with E-state index in [4.69, 9.17) is 0 Å². The van der Waals surface area contributed by atoms with E-state index in [0.717, 1.165) is 16.8 Å². The molecule has 0 aliphatic heterocycles. The van der Waals surface area contributed by atoms with Gasteiger partial charge in [-0.25, -0.2) is 4.39 Å². The monoisotopic (exact) mass is 286 g/mol. The van der Waals surface area contributed by atoms with Gasteiger partial charge in [0.05, 0.1) is 11.3 Å². The van der Waals surface area contributed by atoms with Crippen LogP contribution in [-0.2, 0) is 0 Å². The first-order chi connectivity index (χ1) is 9.93. The van der Waals surface area contributed by atoms with Crippen molar-refractivity contribution in [3.8, 4) is 0 Å². The third-order valence-corrected chi connectivity index (χ3v) is 3.39. The van der Waals surface area contributed by atoms with E-state index in [0.29, 0.717) is 5.56 Å². The molecule has 0 aromatic heterocycles. The molecule has 2 aromatic carbocycles. The smallest absolute Gasteiger partial charge is 0.260 e. The SMILES string of the molecule is CNc1c(F)cccc1C(=O)N(C)c1cc(C)cc(C)c1. The van der Waals surface area contributed by atoms with Gasteiger partial charge in [-0.05, 0) is 49.2 Å². The standard InChI is InChI=1S/C17H19FN2O/c1-11-8-12(2)10-13(9-11)20(4)17(21)14-6-5-7-15(18)16(14)19-3/h5-10,19H,1-4H3. The first kappa shape index (κ1) is 15.0. The van der Waals surface area contributed by atoms with Gasteiger partial charge in [0.1, 0.15) is 5.82 Å².